The largest absolute Gasteiger partial charge is 0.135 e. The van der Waals surface area contributed by atoms with Crippen LogP contribution in [0.3, 0.4) is 0 Å². The van der Waals surface area contributed by atoms with Crippen molar-refractivity contribution in [2.24, 2.45) is 0 Å². The van der Waals surface area contributed by atoms with Crippen LogP contribution in [-0.2, 0) is 28.1 Å². The Bertz CT molecular complexity index is 2710. The molecule has 0 N–H and O–H groups in total. The normalized spacial score (nSPS) is 13.2. The quantitative estimate of drug-likeness (QED) is 0.165. The third kappa shape index (κ3) is 6.30. The lowest BCUT2D eigenvalue weighted by molar-refractivity contribution is 0.490. The van der Waals surface area contributed by atoms with Gasteiger partial charge in [0.15, 0.2) is 0 Å². The van der Waals surface area contributed by atoms with Crippen molar-refractivity contribution < 1.29 is 0 Å². The second kappa shape index (κ2) is 12.9. The molecule has 2 heteroatoms. The molecule has 0 aliphatic carbocycles. The van der Waals surface area contributed by atoms with Crippen molar-refractivity contribution in [3.63, 3.8) is 0 Å². The molecule has 0 aliphatic rings. The summed E-state index contributed by atoms with van der Waals surface area (Å²) in [5, 5.41) is 5.44. The van der Waals surface area contributed by atoms with Gasteiger partial charge in [-0.1, -0.05) is 173 Å². The lowest BCUT2D eigenvalue weighted by Gasteiger charge is -2.37. The Kier molecular flexibility index (Phi) is 8.79. The first kappa shape index (κ1) is 36.7. The molecule has 0 bridgehead atoms. The summed E-state index contributed by atoms with van der Waals surface area (Å²) in [5.41, 5.74) is 12.4. The minimum atomic E-state index is -0.174. The van der Waals surface area contributed by atoms with Crippen molar-refractivity contribution in [2.45, 2.75) is 104 Å². The highest BCUT2D eigenvalue weighted by Gasteiger charge is 2.35. The number of hydrogen-bond donors (Lipinski definition) is 0. The highest BCUT2D eigenvalue weighted by Crippen LogP contribution is 2.49. The molecule has 2 aromatic heterocycles. The minimum absolute atomic E-state index is 0.0259. The van der Waals surface area contributed by atoms with Gasteiger partial charge in [-0.2, -0.15) is 0 Å². The van der Waals surface area contributed by atoms with Gasteiger partial charge in [0.2, 0.25) is 0 Å². The second-order valence-electron chi connectivity index (χ2n) is 19.2. The maximum atomic E-state index is 2.57. The van der Waals surface area contributed by atoms with E-state index < -0.39 is 0 Å². The molecule has 6 aromatic carbocycles. The molecule has 2 heterocycles. The van der Waals surface area contributed by atoms with Crippen molar-refractivity contribution in [3.8, 4) is 22.3 Å². The number of hydrogen-bond acceptors (Lipinski definition) is 2. The molecule has 274 valence electrons. The van der Waals surface area contributed by atoms with Gasteiger partial charge in [-0.3, -0.25) is 0 Å². The number of benzene rings is 6. The van der Waals surface area contributed by atoms with Crippen LogP contribution in [0.4, 0.5) is 0 Å². The van der Waals surface area contributed by atoms with Crippen LogP contribution in [0.25, 0.3) is 62.6 Å². The summed E-state index contributed by atoms with van der Waals surface area (Å²) in [6, 6.07) is 43.9. The van der Waals surface area contributed by atoms with Crippen LogP contribution in [0.2, 0.25) is 0 Å². The molecule has 0 fully saturated rings. The van der Waals surface area contributed by atoms with Gasteiger partial charge in [0.25, 0.3) is 0 Å². The van der Waals surface area contributed by atoms with Crippen LogP contribution in [0.1, 0.15) is 104 Å². The van der Waals surface area contributed by atoms with Crippen molar-refractivity contribution in [1.82, 2.24) is 0 Å². The van der Waals surface area contributed by atoms with Gasteiger partial charge in [0.1, 0.15) is 0 Å². The van der Waals surface area contributed by atoms with Gasteiger partial charge in [0.05, 0.1) is 0 Å². The summed E-state index contributed by atoms with van der Waals surface area (Å²) in [5.74, 6) is 0. The van der Waals surface area contributed by atoms with Gasteiger partial charge >= 0.3 is 0 Å². The van der Waals surface area contributed by atoms with Gasteiger partial charge in [-0.05, 0) is 96.4 Å². The van der Waals surface area contributed by atoms with Crippen molar-refractivity contribution in [1.29, 1.82) is 0 Å². The highest BCUT2D eigenvalue weighted by molar-refractivity contribution is 7.26. The van der Waals surface area contributed by atoms with E-state index in [0.717, 1.165) is 6.42 Å². The first-order valence-corrected chi connectivity index (χ1v) is 21.2. The molecule has 8 aromatic rings. The Hall–Kier alpha value is -4.24. The van der Waals surface area contributed by atoms with Gasteiger partial charge in [-0.15, -0.1) is 22.7 Å². The molecule has 0 radical (unpaired) electrons. The van der Waals surface area contributed by atoms with Crippen LogP contribution in [0, 0.1) is 0 Å². The monoisotopic (exact) mass is 742 g/mol. The zero-order valence-corrected chi connectivity index (χ0v) is 35.6. The summed E-state index contributed by atoms with van der Waals surface area (Å²) in [7, 11) is 0. The molecular weight excluding hydrogens is 689 g/mol. The molecule has 8 rings (SSSR count). The molecular formula is C52H54S2. The van der Waals surface area contributed by atoms with Crippen molar-refractivity contribution in [2.75, 3.05) is 0 Å². The topological polar surface area (TPSA) is 0 Å². The van der Waals surface area contributed by atoms with Crippen LogP contribution >= 0.6 is 22.7 Å². The fraction of sp³-hybridized carbons (Fsp3) is 0.308. The molecule has 0 atom stereocenters. The van der Waals surface area contributed by atoms with Crippen LogP contribution in [0.15, 0.2) is 115 Å². The van der Waals surface area contributed by atoms with E-state index in [-0.39, 0.29) is 21.7 Å². The van der Waals surface area contributed by atoms with E-state index in [4.69, 9.17) is 0 Å². The van der Waals surface area contributed by atoms with Crippen LogP contribution in [0.5, 0.6) is 0 Å². The highest BCUT2D eigenvalue weighted by atomic mass is 32.1. The molecule has 54 heavy (non-hydrogen) atoms. The summed E-state index contributed by atoms with van der Waals surface area (Å²) < 4.78 is 5.44. The maximum absolute atomic E-state index is 2.57. The summed E-state index contributed by atoms with van der Waals surface area (Å²) in [4.78, 5) is 0. The molecule has 0 saturated heterocycles. The van der Waals surface area contributed by atoms with E-state index in [1.54, 1.807) is 0 Å². The number of fused-ring (bicyclic) bond motifs is 6. The zero-order valence-electron chi connectivity index (χ0n) is 34.0. The summed E-state index contributed by atoms with van der Waals surface area (Å²) >= 11 is 3.84. The standard InChI is InChI=1S/C52H54S2/c1-49(2,3)40-25-17-22-35(34-21-18-28-44-45(34)38-20-13-15-27-43(38)53-44)47(40)52(10,11)31-32-29-39(46(51(7,8)9)41(30-32)50(4,5)6)37-24-16-23-36-33-19-12-14-26-42(33)54-48(36)37/h12-30H,31H2,1-11H3. The first-order chi connectivity index (χ1) is 25.4. The van der Waals surface area contributed by atoms with E-state index in [2.05, 4.69) is 191 Å². The third-order valence-electron chi connectivity index (χ3n) is 11.3. The van der Waals surface area contributed by atoms with Crippen LogP contribution < -0.4 is 0 Å². The summed E-state index contributed by atoms with van der Waals surface area (Å²) in [6.45, 7) is 26.5. The predicted octanol–water partition coefficient (Wildman–Crippen LogP) is 16.2. The van der Waals surface area contributed by atoms with E-state index >= 15 is 0 Å². The van der Waals surface area contributed by atoms with E-state index in [9.17, 15) is 0 Å². The Morgan fingerprint density at radius 1 is 0.407 bits per heavy atom. The average molecular weight is 743 g/mol. The molecule has 0 aliphatic heterocycles. The van der Waals surface area contributed by atoms with Crippen molar-refractivity contribution >= 4 is 63.0 Å². The van der Waals surface area contributed by atoms with E-state index in [1.165, 1.54) is 90.4 Å². The van der Waals surface area contributed by atoms with Gasteiger partial charge in [-0.25, -0.2) is 0 Å². The Morgan fingerprint density at radius 2 is 0.963 bits per heavy atom. The maximum Gasteiger partial charge on any atom is 0.0433 e. The zero-order chi connectivity index (χ0) is 38.4. The van der Waals surface area contributed by atoms with E-state index in [0.29, 0.717) is 0 Å². The molecule has 0 unspecified atom stereocenters. The number of thiophene rings is 2. The van der Waals surface area contributed by atoms with Gasteiger partial charge < -0.3 is 0 Å². The molecule has 0 nitrogen and oxygen atoms in total. The van der Waals surface area contributed by atoms with Gasteiger partial charge in [0, 0.05) is 40.3 Å². The van der Waals surface area contributed by atoms with E-state index in [1.807, 2.05) is 22.7 Å². The lowest BCUT2D eigenvalue weighted by atomic mass is 9.67. The number of rotatable bonds is 5. The predicted molar refractivity (Wildman–Crippen MR) is 242 cm³/mol. The Morgan fingerprint density at radius 3 is 1.65 bits per heavy atom. The SMILES string of the molecule is CC(C)(C)c1cc(CC(C)(C)c2c(-c3cccc4sc5ccccc5c34)cccc2C(C)(C)C)cc(-c2cccc3c2sc2ccccc23)c1C(C)(C)C. The Balaban J connectivity index is 1.38. The second-order valence-corrected chi connectivity index (χ2v) is 21.3. The first-order valence-electron chi connectivity index (χ1n) is 19.6. The molecule has 0 spiro atoms. The smallest absolute Gasteiger partial charge is 0.0433 e. The molecule has 0 saturated carbocycles. The molecule has 0 amide bonds. The fourth-order valence-electron chi connectivity index (χ4n) is 9.10. The minimum Gasteiger partial charge on any atom is -0.135 e. The lowest BCUT2D eigenvalue weighted by Crippen LogP contribution is -2.28. The average Bonchev–Trinajstić information content (AvgIpc) is 3.68. The van der Waals surface area contributed by atoms with Crippen LogP contribution in [-0.4, -0.2) is 0 Å². The Labute approximate surface area is 330 Å². The van der Waals surface area contributed by atoms with Crippen molar-refractivity contribution in [3.05, 3.63) is 143 Å². The third-order valence-corrected chi connectivity index (χ3v) is 13.7. The summed E-state index contributed by atoms with van der Waals surface area (Å²) in [6.07, 6.45) is 0.927. The fourth-order valence-corrected chi connectivity index (χ4v) is 11.5.